The van der Waals surface area contributed by atoms with Gasteiger partial charge in [0, 0.05) is 38.3 Å². The smallest absolute Gasteiger partial charge is 0.125 e. The molecule has 0 aromatic heterocycles. The van der Waals surface area contributed by atoms with Crippen LogP contribution in [0, 0.1) is 11.7 Å². The van der Waals surface area contributed by atoms with Gasteiger partial charge in [0.05, 0.1) is 12.7 Å². The lowest BCUT2D eigenvalue weighted by Gasteiger charge is -2.31. The summed E-state index contributed by atoms with van der Waals surface area (Å²) in [5.74, 6) is 0.240. The van der Waals surface area contributed by atoms with E-state index >= 15 is 0 Å². The van der Waals surface area contributed by atoms with E-state index in [0.717, 1.165) is 32.7 Å². The Labute approximate surface area is 125 Å². The zero-order chi connectivity index (χ0) is 15.2. The maximum Gasteiger partial charge on any atom is 0.125 e. The van der Waals surface area contributed by atoms with E-state index < -0.39 is 6.10 Å². The Morgan fingerprint density at radius 1 is 1.38 bits per heavy atom. The van der Waals surface area contributed by atoms with Gasteiger partial charge in [-0.3, -0.25) is 0 Å². The Bertz CT molecular complexity index is 450. The third-order valence-corrected chi connectivity index (χ3v) is 3.89. The lowest BCUT2D eigenvalue weighted by atomic mass is 9.95. The zero-order valence-electron chi connectivity index (χ0n) is 12.8. The summed E-state index contributed by atoms with van der Waals surface area (Å²) >= 11 is 0. The number of halogens is 1. The van der Waals surface area contributed by atoms with Crippen molar-refractivity contribution >= 4 is 0 Å². The first-order valence-corrected chi connectivity index (χ1v) is 7.65. The molecule has 5 heteroatoms. The Balaban J connectivity index is 2.06. The van der Waals surface area contributed by atoms with Crippen molar-refractivity contribution in [2.24, 2.45) is 5.92 Å². The van der Waals surface area contributed by atoms with Gasteiger partial charge in [0.1, 0.15) is 11.6 Å². The number of rotatable bonds is 6. The molecule has 2 N–H and O–H groups in total. The molecular weight excluding hydrogens is 271 g/mol. The molecule has 0 radical (unpaired) electrons. The van der Waals surface area contributed by atoms with Crippen molar-refractivity contribution < 1.29 is 14.2 Å². The van der Waals surface area contributed by atoms with E-state index in [1.54, 1.807) is 6.07 Å². The minimum Gasteiger partial charge on any atom is -0.493 e. The second kappa shape index (κ2) is 7.73. The summed E-state index contributed by atoms with van der Waals surface area (Å²) in [6.07, 6.45) is -0.725. The molecule has 4 nitrogen and oxygen atoms in total. The van der Waals surface area contributed by atoms with Gasteiger partial charge in [-0.1, -0.05) is 6.92 Å². The summed E-state index contributed by atoms with van der Waals surface area (Å²) in [6.45, 7) is 9.09. The number of hydrogen-bond acceptors (Lipinski definition) is 4. The maximum atomic E-state index is 13.5. The molecule has 1 aromatic rings. The van der Waals surface area contributed by atoms with Crippen LogP contribution in [-0.2, 0) is 0 Å². The number of nitrogens with one attached hydrogen (secondary N) is 1. The van der Waals surface area contributed by atoms with Crippen molar-refractivity contribution in [1.29, 1.82) is 0 Å². The van der Waals surface area contributed by atoms with Gasteiger partial charge in [0.15, 0.2) is 0 Å². The monoisotopic (exact) mass is 296 g/mol. The molecule has 1 aliphatic rings. The Kier molecular flexibility index (Phi) is 5.96. The molecule has 21 heavy (non-hydrogen) atoms. The number of aliphatic hydroxyl groups excluding tert-OH is 1. The molecule has 0 bridgehead atoms. The van der Waals surface area contributed by atoms with Gasteiger partial charge in [-0.05, 0) is 31.0 Å². The SMILES string of the molecule is CCOc1ccc(F)cc1C(O)C(C)CN1CCNCC1. The largest absolute Gasteiger partial charge is 0.493 e. The standard InChI is InChI=1S/C16H25FN2O2/c1-3-21-15-5-4-13(17)10-14(15)16(20)12(2)11-19-8-6-18-7-9-19/h4-5,10,12,16,18,20H,3,6-9,11H2,1-2H3. The molecule has 0 amide bonds. The van der Waals surface area contributed by atoms with Crippen molar-refractivity contribution in [3.8, 4) is 5.75 Å². The van der Waals surface area contributed by atoms with Crippen LogP contribution >= 0.6 is 0 Å². The second-order valence-electron chi connectivity index (χ2n) is 5.59. The highest BCUT2D eigenvalue weighted by atomic mass is 19.1. The van der Waals surface area contributed by atoms with Gasteiger partial charge in [-0.2, -0.15) is 0 Å². The third-order valence-electron chi connectivity index (χ3n) is 3.89. The van der Waals surface area contributed by atoms with Gasteiger partial charge >= 0.3 is 0 Å². The second-order valence-corrected chi connectivity index (χ2v) is 5.59. The highest BCUT2D eigenvalue weighted by Gasteiger charge is 2.23. The predicted molar refractivity (Wildman–Crippen MR) is 81.0 cm³/mol. The summed E-state index contributed by atoms with van der Waals surface area (Å²) in [5.41, 5.74) is 0.541. The van der Waals surface area contributed by atoms with Crippen LogP contribution < -0.4 is 10.1 Å². The number of piperazine rings is 1. The average Bonchev–Trinajstić information content (AvgIpc) is 2.49. The van der Waals surface area contributed by atoms with Crippen molar-refractivity contribution in [1.82, 2.24) is 10.2 Å². The van der Waals surface area contributed by atoms with Gasteiger partial charge in [-0.25, -0.2) is 4.39 Å². The van der Waals surface area contributed by atoms with E-state index in [9.17, 15) is 9.50 Å². The van der Waals surface area contributed by atoms with E-state index in [1.807, 2.05) is 13.8 Å². The van der Waals surface area contributed by atoms with Crippen LogP contribution in [0.5, 0.6) is 5.75 Å². The molecule has 1 heterocycles. The molecule has 0 saturated carbocycles. The summed E-state index contributed by atoms with van der Waals surface area (Å²) < 4.78 is 19.0. The van der Waals surface area contributed by atoms with Crippen LogP contribution in [0.2, 0.25) is 0 Å². The van der Waals surface area contributed by atoms with E-state index in [4.69, 9.17) is 4.74 Å². The fourth-order valence-electron chi connectivity index (χ4n) is 2.74. The highest BCUT2D eigenvalue weighted by molar-refractivity contribution is 5.36. The van der Waals surface area contributed by atoms with Crippen LogP contribution in [0.3, 0.4) is 0 Å². The van der Waals surface area contributed by atoms with E-state index in [1.165, 1.54) is 12.1 Å². The van der Waals surface area contributed by atoms with Crippen LogP contribution in [0.15, 0.2) is 18.2 Å². The quantitative estimate of drug-likeness (QED) is 0.840. The van der Waals surface area contributed by atoms with Gasteiger partial charge in [0.25, 0.3) is 0 Å². The third kappa shape index (κ3) is 4.40. The van der Waals surface area contributed by atoms with E-state index in [2.05, 4.69) is 10.2 Å². The van der Waals surface area contributed by atoms with Crippen molar-refractivity contribution in [2.75, 3.05) is 39.3 Å². The van der Waals surface area contributed by atoms with E-state index in [-0.39, 0.29) is 11.7 Å². The molecule has 1 aliphatic heterocycles. The Morgan fingerprint density at radius 3 is 2.76 bits per heavy atom. The summed E-state index contributed by atoms with van der Waals surface area (Å²) in [6, 6.07) is 4.33. The fraction of sp³-hybridized carbons (Fsp3) is 0.625. The van der Waals surface area contributed by atoms with Crippen molar-refractivity contribution in [2.45, 2.75) is 20.0 Å². The summed E-state index contributed by atoms with van der Waals surface area (Å²) in [4.78, 5) is 2.32. The number of nitrogens with zero attached hydrogens (tertiary/aromatic N) is 1. The molecule has 2 atom stereocenters. The summed E-state index contributed by atoms with van der Waals surface area (Å²) in [5, 5.41) is 13.9. The normalized spacial score (nSPS) is 19.2. The van der Waals surface area contributed by atoms with Crippen LogP contribution in [0.1, 0.15) is 25.5 Å². The van der Waals surface area contributed by atoms with Crippen molar-refractivity contribution in [3.05, 3.63) is 29.6 Å². The molecule has 0 spiro atoms. The topological polar surface area (TPSA) is 44.7 Å². The minimum atomic E-state index is -0.725. The van der Waals surface area contributed by atoms with Crippen molar-refractivity contribution in [3.63, 3.8) is 0 Å². The maximum absolute atomic E-state index is 13.5. The fourth-order valence-corrected chi connectivity index (χ4v) is 2.74. The lowest BCUT2D eigenvalue weighted by Crippen LogP contribution is -2.45. The highest BCUT2D eigenvalue weighted by Crippen LogP contribution is 2.31. The van der Waals surface area contributed by atoms with Gasteiger partial charge < -0.3 is 20.1 Å². The van der Waals surface area contributed by atoms with Crippen LogP contribution in [0.25, 0.3) is 0 Å². The average molecular weight is 296 g/mol. The Morgan fingerprint density at radius 2 is 2.10 bits per heavy atom. The first-order chi connectivity index (χ1) is 10.1. The molecule has 1 saturated heterocycles. The van der Waals surface area contributed by atoms with Crippen LogP contribution in [0.4, 0.5) is 4.39 Å². The van der Waals surface area contributed by atoms with Gasteiger partial charge in [-0.15, -0.1) is 0 Å². The predicted octanol–water partition coefficient (Wildman–Crippen LogP) is 1.80. The molecule has 1 fully saturated rings. The zero-order valence-corrected chi connectivity index (χ0v) is 12.8. The molecular formula is C16H25FN2O2. The first kappa shape index (κ1) is 16.2. The number of hydrogen-bond donors (Lipinski definition) is 2. The molecule has 2 unspecified atom stereocenters. The van der Waals surface area contributed by atoms with Gasteiger partial charge in [0.2, 0.25) is 0 Å². The summed E-state index contributed by atoms with van der Waals surface area (Å²) in [7, 11) is 0. The molecule has 0 aliphatic carbocycles. The number of aliphatic hydroxyl groups is 1. The molecule has 1 aromatic carbocycles. The molecule has 2 rings (SSSR count). The minimum absolute atomic E-state index is 0.0177. The number of benzene rings is 1. The Hall–Kier alpha value is -1.17. The lowest BCUT2D eigenvalue weighted by molar-refractivity contribution is 0.0814. The van der Waals surface area contributed by atoms with Crippen LogP contribution in [-0.4, -0.2) is 49.3 Å². The molecule has 118 valence electrons. The van der Waals surface area contributed by atoms with E-state index in [0.29, 0.717) is 17.9 Å². The number of ether oxygens (including phenoxy) is 1. The first-order valence-electron chi connectivity index (χ1n) is 7.65.